The third kappa shape index (κ3) is 2.17. The Bertz CT molecular complexity index is 1210. The number of benzene rings is 2. The van der Waals surface area contributed by atoms with Crippen LogP contribution in [-0.2, 0) is 21.5 Å². The normalized spacial score (nSPS) is 19.9. The van der Waals surface area contributed by atoms with E-state index in [0.717, 1.165) is 16.5 Å². The van der Waals surface area contributed by atoms with Crippen LogP contribution in [0.25, 0.3) is 10.9 Å². The number of amides is 4. The molecule has 30 heavy (non-hydrogen) atoms. The Labute approximate surface area is 173 Å². The molecule has 0 saturated heterocycles. The Morgan fingerprint density at radius 3 is 2.63 bits per heavy atom. The SMILES string of the molecule is CCNC(=O)N1C(=O)C2(c3ccccc31)c1[nH]c3ccccc3c1CCN2C(C)=O. The van der Waals surface area contributed by atoms with Crippen molar-refractivity contribution in [1.29, 1.82) is 0 Å². The lowest BCUT2D eigenvalue weighted by Crippen LogP contribution is -2.60. The fourth-order valence-corrected chi connectivity index (χ4v) is 4.98. The molecular weight excluding hydrogens is 380 g/mol. The number of rotatable bonds is 1. The minimum absolute atomic E-state index is 0.208. The van der Waals surface area contributed by atoms with Crippen LogP contribution >= 0.6 is 0 Å². The second-order valence-corrected chi connectivity index (χ2v) is 7.65. The first-order valence-electron chi connectivity index (χ1n) is 10.1. The molecule has 2 N–H and O–H groups in total. The molecule has 7 nitrogen and oxygen atoms in total. The molecule has 5 rings (SSSR count). The molecule has 1 atom stereocenters. The smallest absolute Gasteiger partial charge is 0.328 e. The molecule has 2 aromatic carbocycles. The number of nitrogens with one attached hydrogen (secondary N) is 2. The summed E-state index contributed by atoms with van der Waals surface area (Å²) in [5.74, 6) is -0.641. The number of imide groups is 1. The van der Waals surface area contributed by atoms with E-state index in [1.807, 2.05) is 36.4 Å². The summed E-state index contributed by atoms with van der Waals surface area (Å²) in [6.45, 7) is 4.07. The molecule has 2 aliphatic rings. The van der Waals surface area contributed by atoms with Crippen LogP contribution < -0.4 is 10.2 Å². The number of aromatic nitrogens is 1. The van der Waals surface area contributed by atoms with Crippen molar-refractivity contribution in [2.75, 3.05) is 18.0 Å². The molecule has 0 radical (unpaired) electrons. The maximum absolute atomic E-state index is 14.1. The molecule has 1 spiro atoms. The first kappa shape index (κ1) is 18.4. The van der Waals surface area contributed by atoms with Gasteiger partial charge in [0.25, 0.3) is 5.91 Å². The van der Waals surface area contributed by atoms with Crippen LogP contribution in [0.1, 0.15) is 30.7 Å². The second kappa shape index (κ2) is 6.45. The number of carbonyl (C=O) groups excluding carboxylic acids is 3. The Hall–Kier alpha value is -3.61. The average Bonchev–Trinajstić information content (AvgIpc) is 3.23. The molecule has 152 valence electrons. The van der Waals surface area contributed by atoms with Crippen LogP contribution in [0.3, 0.4) is 0 Å². The number of nitrogens with zero attached hydrogens (tertiary/aromatic N) is 2. The maximum Gasteiger partial charge on any atom is 0.328 e. The highest BCUT2D eigenvalue weighted by molar-refractivity contribution is 6.24. The summed E-state index contributed by atoms with van der Waals surface area (Å²) < 4.78 is 0. The number of H-pyrrole nitrogens is 1. The van der Waals surface area contributed by atoms with E-state index in [9.17, 15) is 14.4 Å². The van der Waals surface area contributed by atoms with Crippen LogP contribution in [0.2, 0.25) is 0 Å². The highest BCUT2D eigenvalue weighted by Crippen LogP contribution is 2.51. The van der Waals surface area contributed by atoms with Gasteiger partial charge in [0.1, 0.15) is 0 Å². The van der Waals surface area contributed by atoms with Gasteiger partial charge in [0.2, 0.25) is 5.91 Å². The fourth-order valence-electron chi connectivity index (χ4n) is 4.98. The molecule has 4 amide bonds. The van der Waals surface area contributed by atoms with Gasteiger partial charge in [-0.1, -0.05) is 36.4 Å². The predicted octanol–water partition coefficient (Wildman–Crippen LogP) is 2.89. The van der Waals surface area contributed by atoms with Gasteiger partial charge < -0.3 is 15.2 Å². The summed E-state index contributed by atoms with van der Waals surface area (Å²) in [5, 5.41) is 3.77. The van der Waals surface area contributed by atoms with Crippen molar-refractivity contribution in [3.05, 3.63) is 65.4 Å². The molecule has 2 aliphatic heterocycles. The monoisotopic (exact) mass is 402 g/mol. The van der Waals surface area contributed by atoms with Crippen molar-refractivity contribution in [2.24, 2.45) is 0 Å². The average molecular weight is 402 g/mol. The topological polar surface area (TPSA) is 85.5 Å². The summed E-state index contributed by atoms with van der Waals surface area (Å²) in [6.07, 6.45) is 0.636. The highest BCUT2D eigenvalue weighted by atomic mass is 16.2. The van der Waals surface area contributed by atoms with Crippen molar-refractivity contribution in [3.63, 3.8) is 0 Å². The number of fused-ring (bicyclic) bond motifs is 6. The minimum atomic E-state index is -1.39. The summed E-state index contributed by atoms with van der Waals surface area (Å²) in [4.78, 5) is 45.9. The summed E-state index contributed by atoms with van der Waals surface area (Å²) in [7, 11) is 0. The van der Waals surface area contributed by atoms with Gasteiger partial charge in [-0.05, 0) is 31.0 Å². The second-order valence-electron chi connectivity index (χ2n) is 7.65. The molecule has 0 fully saturated rings. The van der Waals surface area contributed by atoms with Gasteiger partial charge in [-0.2, -0.15) is 0 Å². The van der Waals surface area contributed by atoms with Crippen LogP contribution in [0.15, 0.2) is 48.5 Å². The molecule has 3 heterocycles. The van der Waals surface area contributed by atoms with Crippen LogP contribution in [0.5, 0.6) is 0 Å². The first-order chi connectivity index (χ1) is 14.5. The van der Waals surface area contributed by atoms with Gasteiger partial charge in [-0.3, -0.25) is 9.59 Å². The van der Waals surface area contributed by atoms with Crippen molar-refractivity contribution in [2.45, 2.75) is 25.8 Å². The minimum Gasteiger partial charge on any atom is -0.355 e. The van der Waals surface area contributed by atoms with Crippen LogP contribution in [-0.4, -0.2) is 40.8 Å². The molecule has 7 heteroatoms. The Morgan fingerprint density at radius 1 is 1.13 bits per heavy atom. The van der Waals surface area contributed by atoms with Crippen molar-refractivity contribution >= 4 is 34.4 Å². The molecule has 0 bridgehead atoms. The molecule has 3 aromatic rings. The first-order valence-corrected chi connectivity index (χ1v) is 10.1. The number of hydrogen-bond acceptors (Lipinski definition) is 3. The zero-order valence-electron chi connectivity index (χ0n) is 16.9. The molecule has 0 aliphatic carbocycles. The van der Waals surface area contributed by atoms with E-state index in [0.29, 0.717) is 36.5 Å². The Kier molecular flexibility index (Phi) is 3.96. The van der Waals surface area contributed by atoms with Crippen molar-refractivity contribution in [3.8, 4) is 0 Å². The van der Waals surface area contributed by atoms with E-state index in [1.54, 1.807) is 24.0 Å². The Balaban J connectivity index is 1.86. The van der Waals surface area contributed by atoms with Gasteiger partial charge in [0.15, 0.2) is 5.54 Å². The fraction of sp³-hybridized carbons (Fsp3) is 0.261. The standard InChI is InChI=1S/C23H22N4O3/c1-3-24-22(30)27-19-11-7-5-9-17(19)23(21(27)29)20-16(12-13-26(23)14(2)28)15-8-4-6-10-18(15)25-20/h4-11,25H,3,12-13H2,1-2H3,(H,24,30). The molecular formula is C23H22N4O3. The zero-order valence-corrected chi connectivity index (χ0v) is 16.9. The summed E-state index contributed by atoms with van der Waals surface area (Å²) >= 11 is 0. The van der Waals surface area contributed by atoms with E-state index in [-0.39, 0.29) is 5.91 Å². The van der Waals surface area contributed by atoms with Crippen LogP contribution in [0.4, 0.5) is 10.5 Å². The third-order valence-electron chi connectivity index (χ3n) is 6.12. The molecule has 1 unspecified atom stereocenters. The van der Waals surface area contributed by atoms with Gasteiger partial charge >= 0.3 is 6.03 Å². The van der Waals surface area contributed by atoms with Gasteiger partial charge in [-0.15, -0.1) is 0 Å². The predicted molar refractivity (Wildman–Crippen MR) is 113 cm³/mol. The lowest BCUT2D eigenvalue weighted by atomic mass is 9.80. The van der Waals surface area contributed by atoms with E-state index in [4.69, 9.17) is 0 Å². The van der Waals surface area contributed by atoms with Gasteiger partial charge in [0, 0.05) is 36.5 Å². The molecule has 1 aromatic heterocycles. The van der Waals surface area contributed by atoms with E-state index in [1.165, 1.54) is 11.8 Å². The Morgan fingerprint density at radius 2 is 1.87 bits per heavy atom. The van der Waals surface area contributed by atoms with Gasteiger partial charge in [0.05, 0.1) is 11.4 Å². The number of urea groups is 1. The summed E-state index contributed by atoms with van der Waals surface area (Å²) in [5.41, 5.74) is 2.36. The number of para-hydroxylation sites is 2. The van der Waals surface area contributed by atoms with E-state index >= 15 is 0 Å². The van der Waals surface area contributed by atoms with Crippen molar-refractivity contribution < 1.29 is 14.4 Å². The van der Waals surface area contributed by atoms with Crippen molar-refractivity contribution in [1.82, 2.24) is 15.2 Å². The lowest BCUT2D eigenvalue weighted by molar-refractivity contribution is -0.143. The quantitative estimate of drug-likeness (QED) is 0.656. The highest BCUT2D eigenvalue weighted by Gasteiger charge is 2.61. The molecule has 0 saturated carbocycles. The largest absolute Gasteiger partial charge is 0.355 e. The van der Waals surface area contributed by atoms with E-state index in [2.05, 4.69) is 10.3 Å². The number of anilines is 1. The lowest BCUT2D eigenvalue weighted by Gasteiger charge is -2.43. The third-order valence-corrected chi connectivity index (χ3v) is 6.12. The number of carbonyl (C=O) groups is 3. The number of hydrogen-bond donors (Lipinski definition) is 2. The zero-order chi connectivity index (χ0) is 21.0. The number of aromatic amines is 1. The summed E-state index contributed by atoms with van der Waals surface area (Å²) in [6, 6.07) is 14.6. The van der Waals surface area contributed by atoms with E-state index < -0.39 is 17.5 Å². The van der Waals surface area contributed by atoms with Crippen LogP contribution in [0, 0.1) is 0 Å². The maximum atomic E-state index is 14.1. The van der Waals surface area contributed by atoms with Gasteiger partial charge in [-0.25, -0.2) is 9.69 Å².